The Kier molecular flexibility index (Phi) is 18.1. The average molecular weight is 546 g/mol. The lowest BCUT2D eigenvalue weighted by atomic mass is 10.1. The summed E-state index contributed by atoms with van der Waals surface area (Å²) in [6.07, 6.45) is 12.7. The van der Waals surface area contributed by atoms with Crippen LogP contribution < -0.4 is 0 Å². The molecule has 2 rings (SSSR count). The van der Waals surface area contributed by atoms with Crippen molar-refractivity contribution in [3.8, 4) is 11.5 Å². The number of unbranched alkanes of at least 4 members (excludes halogenated alkanes) is 4. The Labute approximate surface area is 219 Å². The molecule has 0 fully saturated rings. The summed E-state index contributed by atoms with van der Waals surface area (Å²) in [5, 5.41) is 18.4. The summed E-state index contributed by atoms with van der Waals surface area (Å²) >= 11 is 3.29. The zero-order valence-electron chi connectivity index (χ0n) is 21.6. The SMILES string of the molecule is C=CC(=O)CCCCC.CCCCCC(=O)/C=C/c1ccc(O)c(C)c1.Cc1cc(Br)ccc1O. The van der Waals surface area contributed by atoms with Gasteiger partial charge in [0.2, 0.25) is 0 Å². The smallest absolute Gasteiger partial charge is 0.155 e. The van der Waals surface area contributed by atoms with Crippen LogP contribution in [0.15, 0.2) is 59.6 Å². The number of phenolic OH excluding ortho intramolecular Hbond substituents is 2. The fourth-order valence-electron chi connectivity index (χ4n) is 2.87. The zero-order chi connectivity index (χ0) is 26.6. The highest BCUT2D eigenvalue weighted by molar-refractivity contribution is 9.10. The van der Waals surface area contributed by atoms with Crippen LogP contribution in [-0.2, 0) is 9.59 Å². The Morgan fingerprint density at radius 1 is 0.829 bits per heavy atom. The number of rotatable bonds is 11. The van der Waals surface area contributed by atoms with E-state index in [0.29, 0.717) is 18.6 Å². The first-order chi connectivity index (χ1) is 16.6. The summed E-state index contributed by atoms with van der Waals surface area (Å²) in [6, 6.07) is 10.7. The van der Waals surface area contributed by atoms with E-state index < -0.39 is 0 Å². The summed E-state index contributed by atoms with van der Waals surface area (Å²) in [5.41, 5.74) is 2.67. The number of allylic oxidation sites excluding steroid dienone is 2. The topological polar surface area (TPSA) is 74.6 Å². The van der Waals surface area contributed by atoms with E-state index in [1.54, 1.807) is 30.4 Å². The quantitative estimate of drug-likeness (QED) is 0.219. The van der Waals surface area contributed by atoms with Gasteiger partial charge >= 0.3 is 0 Å². The molecule has 2 aromatic carbocycles. The number of carbonyl (C=O) groups is 2. The van der Waals surface area contributed by atoms with Crippen LogP contribution in [0.25, 0.3) is 6.08 Å². The summed E-state index contributed by atoms with van der Waals surface area (Å²) in [4.78, 5) is 22.1. The molecule has 35 heavy (non-hydrogen) atoms. The number of hydrogen-bond donors (Lipinski definition) is 2. The van der Waals surface area contributed by atoms with Crippen molar-refractivity contribution in [3.63, 3.8) is 0 Å². The van der Waals surface area contributed by atoms with Gasteiger partial charge in [0.25, 0.3) is 0 Å². The first-order valence-electron chi connectivity index (χ1n) is 12.2. The molecule has 0 saturated heterocycles. The van der Waals surface area contributed by atoms with Crippen molar-refractivity contribution in [1.82, 2.24) is 0 Å². The van der Waals surface area contributed by atoms with E-state index in [4.69, 9.17) is 5.11 Å². The Bertz CT molecular complexity index is 947. The van der Waals surface area contributed by atoms with Crippen molar-refractivity contribution in [1.29, 1.82) is 0 Å². The number of hydrogen-bond acceptors (Lipinski definition) is 4. The summed E-state index contributed by atoms with van der Waals surface area (Å²) in [7, 11) is 0. The molecule has 4 nitrogen and oxygen atoms in total. The van der Waals surface area contributed by atoms with Gasteiger partial charge in [-0.25, -0.2) is 0 Å². The van der Waals surface area contributed by atoms with Crippen molar-refractivity contribution in [2.24, 2.45) is 0 Å². The molecule has 0 amide bonds. The van der Waals surface area contributed by atoms with Crippen LogP contribution in [0.1, 0.15) is 81.9 Å². The number of benzene rings is 2. The average Bonchev–Trinajstić information content (AvgIpc) is 2.83. The molecule has 0 unspecified atom stereocenters. The van der Waals surface area contributed by atoms with E-state index in [-0.39, 0.29) is 17.3 Å². The Morgan fingerprint density at radius 2 is 1.34 bits per heavy atom. The van der Waals surface area contributed by atoms with Gasteiger partial charge in [0.15, 0.2) is 11.6 Å². The van der Waals surface area contributed by atoms with E-state index in [2.05, 4.69) is 36.4 Å². The predicted octanol–water partition coefficient (Wildman–Crippen LogP) is 8.65. The maximum atomic E-state index is 11.5. The standard InChI is InChI=1S/C15H20O2.C8H14O.C7H7BrO/c1-3-4-5-6-14(16)9-7-13-8-10-15(17)12(2)11-13;1-3-5-6-7-8(9)4-2;1-5-4-6(8)2-3-7(5)9/h7-11,17H,3-6H2,1-2H3;4H,2-3,5-7H2,1H3;2-4,9H,1H3/b9-7+;;. The third-order valence-corrected chi connectivity index (χ3v) is 5.62. The van der Waals surface area contributed by atoms with E-state index in [9.17, 15) is 14.7 Å². The molecule has 0 spiro atoms. The van der Waals surface area contributed by atoms with Crippen LogP contribution in [0.4, 0.5) is 0 Å². The summed E-state index contributed by atoms with van der Waals surface area (Å²) in [5.74, 6) is 0.974. The van der Waals surface area contributed by atoms with Gasteiger partial charge < -0.3 is 10.2 Å². The molecule has 2 N–H and O–H groups in total. The molecule has 0 saturated carbocycles. The largest absolute Gasteiger partial charge is 0.508 e. The first-order valence-corrected chi connectivity index (χ1v) is 13.0. The summed E-state index contributed by atoms with van der Waals surface area (Å²) < 4.78 is 0.998. The lowest BCUT2D eigenvalue weighted by Gasteiger charge is -1.99. The molecule has 0 radical (unpaired) electrons. The highest BCUT2D eigenvalue weighted by Crippen LogP contribution is 2.20. The molecule has 5 heteroatoms. The molecule has 0 bridgehead atoms. The Morgan fingerprint density at radius 3 is 1.80 bits per heavy atom. The minimum absolute atomic E-state index is 0.170. The van der Waals surface area contributed by atoms with Crippen LogP contribution in [0.5, 0.6) is 11.5 Å². The fraction of sp³-hybridized carbons (Fsp3) is 0.400. The Hall–Kier alpha value is -2.66. The van der Waals surface area contributed by atoms with E-state index in [1.165, 1.54) is 12.5 Å². The van der Waals surface area contributed by atoms with Crippen LogP contribution >= 0.6 is 15.9 Å². The number of phenols is 2. The van der Waals surface area contributed by atoms with Crippen LogP contribution in [0, 0.1) is 13.8 Å². The minimum atomic E-state index is 0.170. The van der Waals surface area contributed by atoms with Crippen LogP contribution in [-0.4, -0.2) is 21.8 Å². The van der Waals surface area contributed by atoms with Crippen molar-refractivity contribution < 1.29 is 19.8 Å². The number of halogens is 1. The fourth-order valence-corrected chi connectivity index (χ4v) is 3.35. The lowest BCUT2D eigenvalue weighted by Crippen LogP contribution is -1.91. The van der Waals surface area contributed by atoms with Gasteiger partial charge in [-0.2, -0.15) is 0 Å². The van der Waals surface area contributed by atoms with Gasteiger partial charge in [0, 0.05) is 17.3 Å². The van der Waals surface area contributed by atoms with Gasteiger partial charge in [-0.15, -0.1) is 0 Å². The monoisotopic (exact) mass is 544 g/mol. The molecule has 0 aliphatic carbocycles. The number of carbonyl (C=O) groups excluding carboxylic acids is 2. The second-order valence-corrected chi connectivity index (χ2v) is 9.28. The molecule has 0 aliphatic heterocycles. The third kappa shape index (κ3) is 16.6. The highest BCUT2D eigenvalue weighted by Gasteiger charge is 1.98. The molecular weight excluding hydrogens is 504 g/mol. The third-order valence-electron chi connectivity index (χ3n) is 5.12. The van der Waals surface area contributed by atoms with Gasteiger partial charge in [-0.3, -0.25) is 9.59 Å². The normalized spacial score (nSPS) is 10.1. The molecule has 0 heterocycles. The molecule has 2 aromatic rings. The van der Waals surface area contributed by atoms with Crippen molar-refractivity contribution in [2.45, 2.75) is 79.1 Å². The number of aryl methyl sites for hydroxylation is 2. The lowest BCUT2D eigenvalue weighted by molar-refractivity contribution is -0.115. The van der Waals surface area contributed by atoms with Crippen LogP contribution in [0.2, 0.25) is 0 Å². The van der Waals surface area contributed by atoms with E-state index in [1.807, 2.05) is 32.0 Å². The van der Waals surface area contributed by atoms with E-state index >= 15 is 0 Å². The molecular formula is C30H41BrO4. The van der Waals surface area contributed by atoms with Gasteiger partial charge in [0.05, 0.1) is 0 Å². The first kappa shape index (κ1) is 32.3. The van der Waals surface area contributed by atoms with Gasteiger partial charge in [0.1, 0.15) is 11.5 Å². The van der Waals surface area contributed by atoms with Crippen molar-refractivity contribution >= 4 is 33.6 Å². The van der Waals surface area contributed by atoms with Gasteiger partial charge in [-0.1, -0.05) is 74.2 Å². The molecule has 0 aromatic heterocycles. The second kappa shape index (κ2) is 19.6. The maximum Gasteiger partial charge on any atom is 0.155 e. The highest BCUT2D eigenvalue weighted by atomic mass is 79.9. The number of ketones is 2. The zero-order valence-corrected chi connectivity index (χ0v) is 23.2. The second-order valence-electron chi connectivity index (χ2n) is 8.36. The van der Waals surface area contributed by atoms with Crippen LogP contribution in [0.3, 0.4) is 0 Å². The molecule has 192 valence electrons. The minimum Gasteiger partial charge on any atom is -0.508 e. The van der Waals surface area contributed by atoms with Gasteiger partial charge in [-0.05, 0) is 85.9 Å². The molecule has 0 aliphatic rings. The van der Waals surface area contributed by atoms with Crippen molar-refractivity contribution in [2.75, 3.05) is 0 Å². The summed E-state index contributed by atoms with van der Waals surface area (Å²) in [6.45, 7) is 11.3. The number of aromatic hydroxyl groups is 2. The molecule has 0 atom stereocenters. The Balaban J connectivity index is 0.000000543. The maximum absolute atomic E-state index is 11.5. The van der Waals surface area contributed by atoms with Crippen molar-refractivity contribution in [3.05, 3.63) is 76.3 Å². The predicted molar refractivity (Wildman–Crippen MR) is 151 cm³/mol. The van der Waals surface area contributed by atoms with E-state index in [0.717, 1.165) is 53.3 Å².